The van der Waals surface area contributed by atoms with Crippen molar-refractivity contribution in [2.24, 2.45) is 0 Å². The van der Waals surface area contributed by atoms with E-state index < -0.39 is 29.4 Å². The minimum absolute atomic E-state index is 0.0147. The first kappa shape index (κ1) is 17.4. The van der Waals surface area contributed by atoms with Crippen LogP contribution in [0.2, 0.25) is 0 Å². The summed E-state index contributed by atoms with van der Waals surface area (Å²) < 4.78 is 40.4. The molecule has 1 heterocycles. The Morgan fingerprint density at radius 2 is 1.92 bits per heavy atom. The SMILES string of the molecule is CC(C(=O)NC1CCCC1)n1c(=O)c(C(F)(F)F)nc2ccccc21. The van der Waals surface area contributed by atoms with Crippen LogP contribution in [0.3, 0.4) is 0 Å². The molecular weight excluding hydrogens is 335 g/mol. The molecule has 1 amide bonds. The van der Waals surface area contributed by atoms with E-state index in [1.807, 2.05) is 0 Å². The fourth-order valence-corrected chi connectivity index (χ4v) is 3.23. The normalized spacial score (nSPS) is 17.0. The van der Waals surface area contributed by atoms with Crippen LogP contribution in [-0.4, -0.2) is 21.5 Å². The molecule has 5 nitrogen and oxygen atoms in total. The summed E-state index contributed by atoms with van der Waals surface area (Å²) in [5, 5.41) is 2.83. The summed E-state index contributed by atoms with van der Waals surface area (Å²) >= 11 is 0. The number of carbonyl (C=O) groups is 1. The average molecular weight is 353 g/mol. The van der Waals surface area contributed by atoms with Crippen molar-refractivity contribution in [3.8, 4) is 0 Å². The second-order valence-electron chi connectivity index (χ2n) is 6.29. The fourth-order valence-electron chi connectivity index (χ4n) is 3.23. The molecule has 25 heavy (non-hydrogen) atoms. The number of nitrogens with one attached hydrogen (secondary N) is 1. The Bertz CT molecular complexity index is 854. The molecule has 0 aliphatic heterocycles. The maximum Gasteiger partial charge on any atom is 0.438 e. The number of hydrogen-bond acceptors (Lipinski definition) is 3. The van der Waals surface area contributed by atoms with Gasteiger partial charge in [-0.25, -0.2) is 4.98 Å². The number of amides is 1. The Labute approximate surface area is 141 Å². The number of nitrogens with zero attached hydrogens (tertiary/aromatic N) is 2. The van der Waals surface area contributed by atoms with Gasteiger partial charge in [-0.15, -0.1) is 0 Å². The van der Waals surface area contributed by atoms with Crippen LogP contribution in [0, 0.1) is 0 Å². The zero-order valence-corrected chi connectivity index (χ0v) is 13.6. The third-order valence-corrected chi connectivity index (χ3v) is 4.53. The highest BCUT2D eigenvalue weighted by atomic mass is 19.4. The molecule has 134 valence electrons. The van der Waals surface area contributed by atoms with Gasteiger partial charge in [-0.2, -0.15) is 13.2 Å². The summed E-state index contributed by atoms with van der Waals surface area (Å²) in [5.74, 6) is -0.460. The van der Waals surface area contributed by atoms with Crippen LogP contribution in [0.5, 0.6) is 0 Å². The zero-order valence-electron chi connectivity index (χ0n) is 13.6. The van der Waals surface area contributed by atoms with E-state index in [-0.39, 0.29) is 17.1 Å². The standard InChI is InChI=1S/C17H18F3N3O2/c1-10(15(24)21-11-6-2-3-7-11)23-13-9-5-4-8-12(13)22-14(16(23)25)17(18,19)20/h4-5,8-11H,2-3,6-7H2,1H3,(H,21,24). The number of alkyl halides is 3. The van der Waals surface area contributed by atoms with Gasteiger partial charge in [-0.3, -0.25) is 14.2 Å². The van der Waals surface area contributed by atoms with Gasteiger partial charge in [0.25, 0.3) is 5.56 Å². The molecule has 1 unspecified atom stereocenters. The minimum Gasteiger partial charge on any atom is -0.352 e. The largest absolute Gasteiger partial charge is 0.438 e. The van der Waals surface area contributed by atoms with E-state index in [0.717, 1.165) is 30.3 Å². The first-order valence-corrected chi connectivity index (χ1v) is 8.18. The van der Waals surface area contributed by atoms with Gasteiger partial charge < -0.3 is 5.32 Å². The van der Waals surface area contributed by atoms with E-state index >= 15 is 0 Å². The highest BCUT2D eigenvalue weighted by Gasteiger charge is 2.38. The highest BCUT2D eigenvalue weighted by molar-refractivity contribution is 5.83. The molecule has 1 atom stereocenters. The van der Waals surface area contributed by atoms with Gasteiger partial charge >= 0.3 is 6.18 Å². The smallest absolute Gasteiger partial charge is 0.352 e. The van der Waals surface area contributed by atoms with Crippen molar-refractivity contribution in [3.63, 3.8) is 0 Å². The monoisotopic (exact) mass is 353 g/mol. The van der Waals surface area contributed by atoms with Gasteiger partial charge in [0.15, 0.2) is 0 Å². The number of rotatable bonds is 3. The summed E-state index contributed by atoms with van der Waals surface area (Å²) in [6, 6.07) is 4.95. The first-order valence-electron chi connectivity index (χ1n) is 8.18. The number of fused-ring (bicyclic) bond motifs is 1. The molecule has 2 aromatic rings. The van der Waals surface area contributed by atoms with Crippen LogP contribution in [-0.2, 0) is 11.0 Å². The van der Waals surface area contributed by atoms with E-state index in [0.29, 0.717) is 0 Å². The van der Waals surface area contributed by atoms with Crippen molar-refractivity contribution in [1.29, 1.82) is 0 Å². The molecule has 0 radical (unpaired) electrons. The van der Waals surface area contributed by atoms with Crippen LogP contribution in [0.25, 0.3) is 11.0 Å². The van der Waals surface area contributed by atoms with Crippen LogP contribution >= 0.6 is 0 Å². The molecule has 0 spiro atoms. The molecule has 1 aliphatic carbocycles. The van der Waals surface area contributed by atoms with Gasteiger partial charge in [0.1, 0.15) is 6.04 Å². The molecule has 1 aliphatic rings. The Balaban J connectivity index is 2.08. The third-order valence-electron chi connectivity index (χ3n) is 4.53. The summed E-state index contributed by atoms with van der Waals surface area (Å²) in [6.45, 7) is 1.43. The Hall–Kier alpha value is -2.38. The van der Waals surface area contributed by atoms with E-state index in [4.69, 9.17) is 0 Å². The number of hydrogen-bond donors (Lipinski definition) is 1. The van der Waals surface area contributed by atoms with Crippen molar-refractivity contribution in [2.75, 3.05) is 0 Å². The molecule has 0 saturated heterocycles. The molecule has 1 N–H and O–H groups in total. The predicted octanol–water partition coefficient (Wildman–Crippen LogP) is 3.04. The van der Waals surface area contributed by atoms with Gasteiger partial charge in [-0.05, 0) is 31.9 Å². The van der Waals surface area contributed by atoms with Gasteiger partial charge in [0.05, 0.1) is 11.0 Å². The highest BCUT2D eigenvalue weighted by Crippen LogP contribution is 2.27. The molecular formula is C17H18F3N3O2. The van der Waals surface area contributed by atoms with E-state index in [1.165, 1.54) is 25.1 Å². The maximum atomic E-state index is 13.2. The molecule has 0 bridgehead atoms. The van der Waals surface area contributed by atoms with E-state index in [9.17, 15) is 22.8 Å². The predicted molar refractivity (Wildman–Crippen MR) is 86.1 cm³/mol. The second-order valence-corrected chi connectivity index (χ2v) is 6.29. The lowest BCUT2D eigenvalue weighted by Crippen LogP contribution is -2.42. The van der Waals surface area contributed by atoms with Crippen LogP contribution in [0.1, 0.15) is 44.3 Å². The van der Waals surface area contributed by atoms with Gasteiger partial charge in [-0.1, -0.05) is 25.0 Å². The lowest BCUT2D eigenvalue weighted by Gasteiger charge is -2.21. The fraction of sp³-hybridized carbons (Fsp3) is 0.471. The zero-order chi connectivity index (χ0) is 18.2. The second kappa shape index (κ2) is 6.50. The lowest BCUT2D eigenvalue weighted by molar-refractivity contribution is -0.142. The summed E-state index contributed by atoms with van der Waals surface area (Å²) in [4.78, 5) is 28.4. The van der Waals surface area contributed by atoms with Crippen molar-refractivity contribution in [3.05, 3.63) is 40.3 Å². The number of carbonyl (C=O) groups excluding carboxylic acids is 1. The molecule has 1 saturated carbocycles. The Morgan fingerprint density at radius 1 is 1.28 bits per heavy atom. The van der Waals surface area contributed by atoms with Crippen molar-refractivity contribution >= 4 is 16.9 Å². The Kier molecular flexibility index (Phi) is 4.53. The number of aromatic nitrogens is 2. The van der Waals surface area contributed by atoms with Crippen LogP contribution < -0.4 is 10.9 Å². The summed E-state index contributed by atoms with van der Waals surface area (Å²) in [7, 11) is 0. The van der Waals surface area contributed by atoms with Gasteiger partial charge in [0.2, 0.25) is 11.6 Å². The molecule has 1 aromatic carbocycles. The molecule has 8 heteroatoms. The maximum absolute atomic E-state index is 13.2. The Morgan fingerprint density at radius 3 is 2.56 bits per heavy atom. The van der Waals surface area contributed by atoms with Crippen molar-refractivity contribution in [1.82, 2.24) is 14.9 Å². The quantitative estimate of drug-likeness (QED) is 0.922. The minimum atomic E-state index is -4.88. The van der Waals surface area contributed by atoms with Crippen LogP contribution in [0.15, 0.2) is 29.1 Å². The number of para-hydroxylation sites is 2. The van der Waals surface area contributed by atoms with Crippen molar-refractivity contribution < 1.29 is 18.0 Å². The summed E-state index contributed by atoms with van der Waals surface area (Å²) in [6.07, 6.45) is -1.17. The molecule has 3 rings (SSSR count). The topological polar surface area (TPSA) is 64.0 Å². The molecule has 1 aromatic heterocycles. The third kappa shape index (κ3) is 3.38. The van der Waals surface area contributed by atoms with E-state index in [1.54, 1.807) is 6.07 Å². The number of benzene rings is 1. The van der Waals surface area contributed by atoms with E-state index in [2.05, 4.69) is 10.3 Å². The first-order chi connectivity index (χ1) is 11.8. The molecule has 1 fully saturated rings. The number of halogens is 3. The van der Waals surface area contributed by atoms with Gasteiger partial charge in [0, 0.05) is 6.04 Å². The van der Waals surface area contributed by atoms with Crippen LogP contribution in [0.4, 0.5) is 13.2 Å². The average Bonchev–Trinajstić information content (AvgIpc) is 3.05. The summed E-state index contributed by atoms with van der Waals surface area (Å²) in [5.41, 5.74) is -2.59. The lowest BCUT2D eigenvalue weighted by atomic mass is 10.2. The van der Waals surface area contributed by atoms with Crippen molar-refractivity contribution in [2.45, 2.75) is 50.9 Å².